The van der Waals surface area contributed by atoms with Crippen LogP contribution in [0.4, 0.5) is 0 Å². The molecule has 4 nitrogen and oxygen atoms in total. The summed E-state index contributed by atoms with van der Waals surface area (Å²) in [5.41, 5.74) is 0. The molecule has 0 spiro atoms. The summed E-state index contributed by atoms with van der Waals surface area (Å²) in [6.07, 6.45) is 6.24. The number of ether oxygens (including phenoxy) is 1. The van der Waals surface area contributed by atoms with Crippen molar-refractivity contribution in [1.29, 1.82) is 0 Å². The summed E-state index contributed by atoms with van der Waals surface area (Å²) in [5.74, 6) is 0.858. The highest BCUT2D eigenvalue weighted by atomic mass is 35.5. The third kappa shape index (κ3) is 1.97. The van der Waals surface area contributed by atoms with Crippen molar-refractivity contribution in [1.82, 2.24) is 15.0 Å². The molecule has 0 saturated carbocycles. The Hall–Kier alpha value is -1.68. The van der Waals surface area contributed by atoms with Gasteiger partial charge in [0.2, 0.25) is 0 Å². The van der Waals surface area contributed by atoms with Gasteiger partial charge < -0.3 is 4.74 Å². The van der Waals surface area contributed by atoms with Crippen molar-refractivity contribution in [2.24, 2.45) is 0 Å². The maximum atomic E-state index is 5.76. The van der Waals surface area contributed by atoms with Crippen LogP contribution in [0.2, 0.25) is 5.15 Å². The van der Waals surface area contributed by atoms with Crippen LogP contribution in [0.15, 0.2) is 36.9 Å². The maximum Gasteiger partial charge on any atom is 0.257 e. The van der Waals surface area contributed by atoms with Gasteiger partial charge in [-0.1, -0.05) is 11.6 Å². The van der Waals surface area contributed by atoms with E-state index < -0.39 is 0 Å². The molecule has 2 rings (SSSR count). The van der Waals surface area contributed by atoms with Gasteiger partial charge in [-0.05, 0) is 12.1 Å². The van der Waals surface area contributed by atoms with Crippen LogP contribution < -0.4 is 4.74 Å². The molecule has 0 N–H and O–H groups in total. The zero-order valence-corrected chi connectivity index (χ0v) is 7.85. The van der Waals surface area contributed by atoms with Gasteiger partial charge in [0, 0.05) is 18.6 Å². The lowest BCUT2D eigenvalue weighted by molar-refractivity contribution is 0.458. The molecule has 0 aliphatic rings. The fourth-order valence-corrected chi connectivity index (χ4v) is 1.04. The first-order valence-corrected chi connectivity index (χ1v) is 4.28. The number of aromatic nitrogens is 3. The summed E-state index contributed by atoms with van der Waals surface area (Å²) in [6.45, 7) is 0. The normalized spacial score (nSPS) is 9.79. The standard InChI is InChI=1S/C9H6ClN3O/c10-8-9(13-5-4-12-8)14-7-2-1-3-11-6-7/h1-6H. The molecule has 0 amide bonds. The number of halogens is 1. The van der Waals surface area contributed by atoms with Crippen LogP contribution in [0.3, 0.4) is 0 Å². The highest BCUT2D eigenvalue weighted by Crippen LogP contribution is 2.23. The van der Waals surface area contributed by atoms with E-state index in [1.807, 2.05) is 0 Å². The quantitative estimate of drug-likeness (QED) is 0.758. The fourth-order valence-electron chi connectivity index (χ4n) is 0.896. The Morgan fingerprint density at radius 2 is 2.00 bits per heavy atom. The highest BCUT2D eigenvalue weighted by Gasteiger charge is 2.03. The van der Waals surface area contributed by atoms with E-state index in [0.717, 1.165) is 0 Å². The zero-order chi connectivity index (χ0) is 9.80. The molecule has 0 fully saturated rings. The van der Waals surface area contributed by atoms with Gasteiger partial charge in [0.25, 0.3) is 5.88 Å². The molecule has 0 atom stereocenters. The van der Waals surface area contributed by atoms with Gasteiger partial charge in [0.05, 0.1) is 6.20 Å². The summed E-state index contributed by atoms with van der Waals surface area (Å²) >= 11 is 5.76. The van der Waals surface area contributed by atoms with E-state index in [1.165, 1.54) is 12.4 Å². The Morgan fingerprint density at radius 3 is 2.71 bits per heavy atom. The molecule has 0 radical (unpaired) electrons. The Bertz CT molecular complexity index is 421. The van der Waals surface area contributed by atoms with E-state index in [0.29, 0.717) is 5.75 Å². The van der Waals surface area contributed by atoms with Gasteiger partial charge in [0.15, 0.2) is 5.15 Å². The van der Waals surface area contributed by atoms with Crippen molar-refractivity contribution in [3.8, 4) is 11.6 Å². The van der Waals surface area contributed by atoms with E-state index in [1.54, 1.807) is 24.5 Å². The third-order valence-electron chi connectivity index (χ3n) is 1.47. The minimum atomic E-state index is 0.233. The summed E-state index contributed by atoms with van der Waals surface area (Å²) in [4.78, 5) is 11.7. The van der Waals surface area contributed by atoms with Gasteiger partial charge in [-0.2, -0.15) is 0 Å². The van der Waals surface area contributed by atoms with Crippen LogP contribution in [0.1, 0.15) is 0 Å². The predicted octanol–water partition coefficient (Wildman–Crippen LogP) is 2.32. The van der Waals surface area contributed by atoms with Gasteiger partial charge in [0.1, 0.15) is 5.75 Å². The van der Waals surface area contributed by atoms with Gasteiger partial charge in [-0.25, -0.2) is 9.97 Å². The van der Waals surface area contributed by atoms with Gasteiger partial charge in [-0.3, -0.25) is 4.98 Å². The van der Waals surface area contributed by atoms with E-state index in [-0.39, 0.29) is 11.0 Å². The minimum absolute atomic E-state index is 0.233. The van der Waals surface area contributed by atoms with Crippen molar-refractivity contribution in [2.45, 2.75) is 0 Å². The maximum absolute atomic E-state index is 5.76. The Kier molecular flexibility index (Phi) is 2.55. The number of pyridine rings is 1. The summed E-state index contributed by atoms with van der Waals surface area (Å²) in [6, 6.07) is 3.53. The molecule has 0 unspecified atom stereocenters. The number of nitrogens with zero attached hydrogens (tertiary/aromatic N) is 3. The Morgan fingerprint density at radius 1 is 1.14 bits per heavy atom. The van der Waals surface area contributed by atoms with E-state index in [9.17, 15) is 0 Å². The first kappa shape index (κ1) is 8.90. The lowest BCUT2D eigenvalue weighted by atomic mass is 10.5. The van der Waals surface area contributed by atoms with Crippen molar-refractivity contribution < 1.29 is 4.74 Å². The fraction of sp³-hybridized carbons (Fsp3) is 0. The molecule has 14 heavy (non-hydrogen) atoms. The SMILES string of the molecule is Clc1nccnc1Oc1cccnc1. The van der Waals surface area contributed by atoms with Crippen molar-refractivity contribution >= 4 is 11.6 Å². The van der Waals surface area contributed by atoms with Crippen molar-refractivity contribution in [3.63, 3.8) is 0 Å². The van der Waals surface area contributed by atoms with Crippen LogP contribution >= 0.6 is 11.6 Å². The molecule has 2 heterocycles. The molecule has 0 aromatic carbocycles. The second-order valence-electron chi connectivity index (χ2n) is 2.44. The second kappa shape index (κ2) is 4.02. The average molecular weight is 208 g/mol. The average Bonchev–Trinajstić information content (AvgIpc) is 2.23. The molecule has 0 saturated heterocycles. The van der Waals surface area contributed by atoms with Crippen molar-refractivity contribution in [2.75, 3.05) is 0 Å². The molecule has 70 valence electrons. The van der Waals surface area contributed by atoms with E-state index in [2.05, 4.69) is 15.0 Å². The first-order valence-electron chi connectivity index (χ1n) is 3.90. The molecule has 5 heteroatoms. The molecule has 0 aliphatic carbocycles. The van der Waals surface area contributed by atoms with Gasteiger partial charge in [-0.15, -0.1) is 0 Å². The number of hydrogen-bond donors (Lipinski definition) is 0. The lowest BCUT2D eigenvalue weighted by Crippen LogP contribution is -1.90. The molecule has 0 aliphatic heterocycles. The van der Waals surface area contributed by atoms with Crippen LogP contribution in [0.25, 0.3) is 0 Å². The highest BCUT2D eigenvalue weighted by molar-refractivity contribution is 6.30. The molecule has 2 aromatic rings. The van der Waals surface area contributed by atoms with Crippen molar-refractivity contribution in [3.05, 3.63) is 42.1 Å². The summed E-state index contributed by atoms with van der Waals surface area (Å²) in [7, 11) is 0. The zero-order valence-electron chi connectivity index (χ0n) is 7.09. The second-order valence-corrected chi connectivity index (χ2v) is 2.80. The van der Waals surface area contributed by atoms with Crippen LogP contribution in [-0.2, 0) is 0 Å². The smallest absolute Gasteiger partial charge is 0.257 e. The number of hydrogen-bond acceptors (Lipinski definition) is 4. The molecule has 2 aromatic heterocycles. The Labute approximate surface area is 85.6 Å². The predicted molar refractivity (Wildman–Crippen MR) is 51.4 cm³/mol. The van der Waals surface area contributed by atoms with Crippen LogP contribution in [0, 0.1) is 0 Å². The van der Waals surface area contributed by atoms with E-state index in [4.69, 9.17) is 16.3 Å². The molecule has 0 bridgehead atoms. The summed E-state index contributed by atoms with van der Waals surface area (Å²) in [5, 5.41) is 0.233. The largest absolute Gasteiger partial charge is 0.435 e. The van der Waals surface area contributed by atoms with Crippen LogP contribution in [0.5, 0.6) is 11.6 Å². The lowest BCUT2D eigenvalue weighted by Gasteiger charge is -2.03. The topological polar surface area (TPSA) is 47.9 Å². The number of rotatable bonds is 2. The molecular weight excluding hydrogens is 202 g/mol. The monoisotopic (exact) mass is 207 g/mol. The van der Waals surface area contributed by atoms with E-state index >= 15 is 0 Å². The van der Waals surface area contributed by atoms with Crippen LogP contribution in [-0.4, -0.2) is 15.0 Å². The third-order valence-corrected chi connectivity index (χ3v) is 1.73. The summed E-state index contributed by atoms with van der Waals surface area (Å²) < 4.78 is 5.34. The Balaban J connectivity index is 2.24. The molecular formula is C9H6ClN3O. The first-order chi connectivity index (χ1) is 6.86. The van der Waals surface area contributed by atoms with Gasteiger partial charge >= 0.3 is 0 Å². The minimum Gasteiger partial charge on any atom is -0.435 e.